The van der Waals surface area contributed by atoms with Crippen molar-refractivity contribution in [2.75, 3.05) is 0 Å². The Morgan fingerprint density at radius 2 is 2.33 bits per heavy atom. The predicted octanol–water partition coefficient (Wildman–Crippen LogP) is 0.778. The molecule has 2 rings (SSSR count). The summed E-state index contributed by atoms with van der Waals surface area (Å²) in [6, 6.07) is 1.77. The van der Waals surface area contributed by atoms with Crippen molar-refractivity contribution in [2.45, 2.75) is 23.8 Å². The van der Waals surface area contributed by atoms with Crippen molar-refractivity contribution >= 4 is 11.8 Å². The third-order valence-electron chi connectivity index (χ3n) is 1.59. The highest BCUT2D eigenvalue weighted by molar-refractivity contribution is 7.98. The van der Waals surface area contributed by atoms with Crippen LogP contribution in [0.1, 0.15) is 11.6 Å². The summed E-state index contributed by atoms with van der Waals surface area (Å²) in [5, 5.41) is 8.53. The fourth-order valence-electron chi connectivity index (χ4n) is 0.937. The van der Waals surface area contributed by atoms with Gasteiger partial charge in [0.25, 0.3) is 5.22 Å². The van der Waals surface area contributed by atoms with Gasteiger partial charge in [0.05, 0.1) is 5.69 Å². The molecule has 0 aliphatic rings. The van der Waals surface area contributed by atoms with Crippen molar-refractivity contribution < 1.29 is 4.42 Å². The molecular weight excluding hydrogens is 214 g/mol. The summed E-state index contributed by atoms with van der Waals surface area (Å²) >= 11 is 1.22. The van der Waals surface area contributed by atoms with E-state index in [0.29, 0.717) is 22.8 Å². The number of nitrogens with zero attached hydrogens (tertiary/aromatic N) is 4. The second-order valence-corrected chi connectivity index (χ2v) is 3.64. The van der Waals surface area contributed by atoms with E-state index in [0.717, 1.165) is 5.69 Å². The summed E-state index contributed by atoms with van der Waals surface area (Å²) in [5.74, 6) is 0.521. The first-order valence-corrected chi connectivity index (χ1v) is 5.09. The van der Waals surface area contributed by atoms with E-state index in [2.05, 4.69) is 20.2 Å². The molecule has 0 saturated heterocycles. The molecule has 0 bridgehead atoms. The van der Waals surface area contributed by atoms with E-state index >= 15 is 0 Å². The second-order valence-electron chi connectivity index (χ2n) is 2.72. The lowest BCUT2D eigenvalue weighted by molar-refractivity contribution is 0.429. The molecule has 2 aromatic heterocycles. The van der Waals surface area contributed by atoms with Crippen LogP contribution in [-0.4, -0.2) is 20.2 Å². The molecule has 0 aromatic carbocycles. The van der Waals surface area contributed by atoms with Crippen LogP contribution in [0.4, 0.5) is 0 Å². The molecule has 0 spiro atoms. The summed E-state index contributed by atoms with van der Waals surface area (Å²) in [5.41, 5.74) is 6.25. The Morgan fingerprint density at radius 3 is 3.00 bits per heavy atom. The monoisotopic (exact) mass is 223 g/mol. The van der Waals surface area contributed by atoms with Crippen LogP contribution in [-0.2, 0) is 6.54 Å². The van der Waals surface area contributed by atoms with Gasteiger partial charge in [-0.1, -0.05) is 0 Å². The Balaban J connectivity index is 2.16. The van der Waals surface area contributed by atoms with E-state index in [4.69, 9.17) is 10.2 Å². The lowest BCUT2D eigenvalue weighted by atomic mass is 10.4. The average Bonchev–Trinajstić information content (AvgIpc) is 2.64. The predicted molar refractivity (Wildman–Crippen MR) is 53.1 cm³/mol. The molecule has 0 unspecified atom stereocenters. The van der Waals surface area contributed by atoms with E-state index < -0.39 is 0 Å². The molecule has 15 heavy (non-hydrogen) atoms. The van der Waals surface area contributed by atoms with Gasteiger partial charge in [-0.05, 0) is 6.07 Å². The number of hydrogen-bond acceptors (Lipinski definition) is 7. The lowest BCUT2D eigenvalue weighted by Gasteiger charge is -1.97. The molecule has 2 aromatic rings. The molecule has 78 valence electrons. The Morgan fingerprint density at radius 1 is 1.47 bits per heavy atom. The highest BCUT2D eigenvalue weighted by Gasteiger charge is 2.07. The van der Waals surface area contributed by atoms with Gasteiger partial charge in [0, 0.05) is 31.4 Å². The van der Waals surface area contributed by atoms with E-state index in [9.17, 15) is 0 Å². The molecule has 0 fully saturated rings. The van der Waals surface area contributed by atoms with Crippen LogP contribution in [0.25, 0.3) is 0 Å². The number of nitrogens with two attached hydrogens (primary N) is 1. The summed E-state index contributed by atoms with van der Waals surface area (Å²) in [7, 11) is 0. The van der Waals surface area contributed by atoms with Crippen LogP contribution in [0.3, 0.4) is 0 Å². The highest BCUT2D eigenvalue weighted by atomic mass is 32.2. The molecule has 0 aliphatic heterocycles. The third kappa shape index (κ3) is 2.51. The molecule has 0 radical (unpaired) electrons. The number of aryl methyl sites for hydroxylation is 1. The Hall–Kier alpha value is -1.47. The van der Waals surface area contributed by atoms with E-state index in [-0.39, 0.29) is 0 Å². The van der Waals surface area contributed by atoms with Gasteiger partial charge in [0.2, 0.25) is 5.89 Å². The molecule has 6 nitrogen and oxygen atoms in total. The molecule has 7 heteroatoms. The first-order chi connectivity index (χ1) is 7.28. The quantitative estimate of drug-likeness (QED) is 0.768. The van der Waals surface area contributed by atoms with Gasteiger partial charge in [-0.25, -0.2) is 9.97 Å². The van der Waals surface area contributed by atoms with Crippen molar-refractivity contribution in [3.63, 3.8) is 0 Å². The molecular formula is C8H9N5OS. The van der Waals surface area contributed by atoms with Gasteiger partial charge >= 0.3 is 0 Å². The van der Waals surface area contributed by atoms with Crippen molar-refractivity contribution in [2.24, 2.45) is 5.73 Å². The van der Waals surface area contributed by atoms with Crippen molar-refractivity contribution in [3.8, 4) is 0 Å². The summed E-state index contributed by atoms with van der Waals surface area (Å²) < 4.78 is 5.19. The lowest BCUT2D eigenvalue weighted by Crippen LogP contribution is -2.00. The van der Waals surface area contributed by atoms with Gasteiger partial charge in [0.1, 0.15) is 0 Å². The smallest absolute Gasteiger partial charge is 0.284 e. The van der Waals surface area contributed by atoms with Crippen LogP contribution in [0.2, 0.25) is 0 Å². The fraction of sp³-hybridized carbons (Fsp3) is 0.250. The van der Waals surface area contributed by atoms with Gasteiger partial charge in [0.15, 0.2) is 5.16 Å². The van der Waals surface area contributed by atoms with Gasteiger partial charge in [-0.15, -0.1) is 10.2 Å². The number of aromatic nitrogens is 4. The average molecular weight is 223 g/mol. The van der Waals surface area contributed by atoms with Crippen LogP contribution >= 0.6 is 11.8 Å². The molecule has 2 heterocycles. The molecule has 0 atom stereocenters. The summed E-state index contributed by atoms with van der Waals surface area (Å²) in [6.45, 7) is 2.12. The van der Waals surface area contributed by atoms with Crippen LogP contribution in [0.5, 0.6) is 0 Å². The van der Waals surface area contributed by atoms with Crippen LogP contribution < -0.4 is 5.73 Å². The van der Waals surface area contributed by atoms with Gasteiger partial charge < -0.3 is 10.2 Å². The van der Waals surface area contributed by atoms with Crippen LogP contribution in [0, 0.1) is 6.92 Å². The second kappa shape index (κ2) is 4.37. The number of rotatable bonds is 3. The molecule has 0 aliphatic carbocycles. The maximum absolute atomic E-state index is 5.47. The maximum Gasteiger partial charge on any atom is 0.284 e. The SMILES string of the molecule is Cc1nnc(Sc2nccc(CN)n2)o1. The van der Waals surface area contributed by atoms with Crippen molar-refractivity contribution in [1.82, 2.24) is 20.2 Å². The zero-order valence-corrected chi connectivity index (χ0v) is 8.86. The minimum atomic E-state index is 0.388. The maximum atomic E-state index is 5.47. The van der Waals surface area contributed by atoms with Crippen molar-refractivity contribution in [1.29, 1.82) is 0 Å². The largest absolute Gasteiger partial charge is 0.416 e. The first kappa shape index (κ1) is 10.1. The number of hydrogen-bond donors (Lipinski definition) is 1. The van der Waals surface area contributed by atoms with Crippen LogP contribution in [0.15, 0.2) is 27.1 Å². The summed E-state index contributed by atoms with van der Waals surface area (Å²) in [6.07, 6.45) is 1.65. The molecule has 0 amide bonds. The van der Waals surface area contributed by atoms with Gasteiger partial charge in [-0.3, -0.25) is 0 Å². The van der Waals surface area contributed by atoms with E-state index in [1.54, 1.807) is 19.2 Å². The molecule has 0 saturated carbocycles. The minimum Gasteiger partial charge on any atom is -0.416 e. The molecule has 2 N–H and O–H groups in total. The van der Waals surface area contributed by atoms with E-state index in [1.165, 1.54) is 11.8 Å². The zero-order chi connectivity index (χ0) is 10.7. The van der Waals surface area contributed by atoms with Crippen molar-refractivity contribution in [3.05, 3.63) is 23.8 Å². The van der Waals surface area contributed by atoms with E-state index in [1.807, 2.05) is 0 Å². The standard InChI is InChI=1S/C8H9N5OS/c1-5-12-13-8(14-5)15-7-10-3-2-6(4-9)11-7/h2-3H,4,9H2,1H3. The third-order valence-corrected chi connectivity index (χ3v) is 2.31. The first-order valence-electron chi connectivity index (χ1n) is 4.28. The topological polar surface area (TPSA) is 90.7 Å². The van der Waals surface area contributed by atoms with Gasteiger partial charge in [-0.2, -0.15) is 0 Å². The Bertz CT molecular complexity index is 458. The summed E-state index contributed by atoms with van der Waals surface area (Å²) in [4.78, 5) is 8.26. The fourth-order valence-corrected chi connectivity index (χ4v) is 1.61. The Labute approximate surface area is 90.3 Å². The zero-order valence-electron chi connectivity index (χ0n) is 8.04. The minimum absolute atomic E-state index is 0.388. The normalized spacial score (nSPS) is 10.5. The highest BCUT2D eigenvalue weighted by Crippen LogP contribution is 2.22. The Kier molecular flexibility index (Phi) is 2.93.